The summed E-state index contributed by atoms with van der Waals surface area (Å²) in [5.74, 6) is 0. The molecular weight excluding hydrogens is 126 g/mol. The molecule has 0 aromatic carbocycles. The molecule has 0 bridgehead atoms. The summed E-state index contributed by atoms with van der Waals surface area (Å²) in [6.45, 7) is 0.934. The zero-order chi connectivity index (χ0) is 7.03. The second-order valence-electron chi connectivity index (χ2n) is 3.59. The Kier molecular flexibility index (Phi) is 1.46. The van der Waals surface area contributed by atoms with E-state index in [1.165, 1.54) is 32.1 Å². The predicted molar refractivity (Wildman–Crippen MR) is 39.7 cm³/mol. The smallest absolute Gasteiger partial charge is 0.0755 e. The minimum Gasteiger partial charge on any atom is -0.376 e. The highest BCUT2D eigenvalue weighted by molar-refractivity contribution is 5.00. The van der Waals surface area contributed by atoms with Gasteiger partial charge in [-0.1, -0.05) is 0 Å². The topological polar surface area (TPSA) is 35.2 Å². The van der Waals surface area contributed by atoms with Crippen molar-refractivity contribution < 1.29 is 4.74 Å². The fourth-order valence-corrected chi connectivity index (χ4v) is 1.94. The van der Waals surface area contributed by atoms with Crippen LogP contribution in [-0.2, 0) is 4.74 Å². The summed E-state index contributed by atoms with van der Waals surface area (Å²) in [4.78, 5) is 0. The van der Waals surface area contributed by atoms with Crippen molar-refractivity contribution in [2.45, 2.75) is 43.7 Å². The van der Waals surface area contributed by atoms with Crippen molar-refractivity contribution in [3.63, 3.8) is 0 Å². The Labute approximate surface area is 61.7 Å². The van der Waals surface area contributed by atoms with E-state index in [1.54, 1.807) is 0 Å². The SMILES string of the molecule is NC1(C2CCCO2)CCC1. The fraction of sp³-hybridized carbons (Fsp3) is 1.00. The molecule has 1 unspecified atom stereocenters. The molecule has 2 heteroatoms. The molecule has 1 aliphatic heterocycles. The van der Waals surface area contributed by atoms with E-state index in [0.29, 0.717) is 6.10 Å². The Balaban J connectivity index is 1.96. The number of nitrogens with two attached hydrogens (primary N) is 1. The van der Waals surface area contributed by atoms with Crippen LogP contribution < -0.4 is 5.73 Å². The molecule has 1 saturated carbocycles. The molecule has 0 spiro atoms. The van der Waals surface area contributed by atoms with Gasteiger partial charge in [0.05, 0.1) is 6.10 Å². The van der Waals surface area contributed by atoms with E-state index in [1.807, 2.05) is 0 Å². The van der Waals surface area contributed by atoms with Crippen LogP contribution in [0.25, 0.3) is 0 Å². The lowest BCUT2D eigenvalue weighted by Gasteiger charge is -2.42. The minimum absolute atomic E-state index is 0.0799. The van der Waals surface area contributed by atoms with Gasteiger partial charge < -0.3 is 10.5 Å². The molecule has 2 nitrogen and oxygen atoms in total. The third kappa shape index (κ3) is 0.867. The highest BCUT2D eigenvalue weighted by Crippen LogP contribution is 2.37. The van der Waals surface area contributed by atoms with Gasteiger partial charge in [0.1, 0.15) is 0 Å². The van der Waals surface area contributed by atoms with Crippen LogP contribution in [0.1, 0.15) is 32.1 Å². The summed E-state index contributed by atoms with van der Waals surface area (Å²) in [6, 6.07) is 0. The molecule has 1 atom stereocenters. The summed E-state index contributed by atoms with van der Waals surface area (Å²) in [5.41, 5.74) is 6.16. The van der Waals surface area contributed by atoms with E-state index in [-0.39, 0.29) is 5.54 Å². The Bertz CT molecular complexity index is 125. The second kappa shape index (κ2) is 2.21. The Hall–Kier alpha value is -0.0800. The van der Waals surface area contributed by atoms with E-state index in [9.17, 15) is 0 Å². The van der Waals surface area contributed by atoms with Gasteiger partial charge in [-0.2, -0.15) is 0 Å². The number of hydrogen-bond donors (Lipinski definition) is 1. The van der Waals surface area contributed by atoms with Crippen molar-refractivity contribution in [1.82, 2.24) is 0 Å². The van der Waals surface area contributed by atoms with Crippen molar-refractivity contribution >= 4 is 0 Å². The zero-order valence-corrected chi connectivity index (χ0v) is 6.31. The first kappa shape index (κ1) is 6.62. The summed E-state index contributed by atoms with van der Waals surface area (Å²) in [7, 11) is 0. The van der Waals surface area contributed by atoms with E-state index in [2.05, 4.69) is 0 Å². The monoisotopic (exact) mass is 141 g/mol. The van der Waals surface area contributed by atoms with Gasteiger partial charge in [0.2, 0.25) is 0 Å². The Morgan fingerprint density at radius 2 is 2.10 bits per heavy atom. The lowest BCUT2D eigenvalue weighted by atomic mass is 9.73. The standard InChI is InChI=1S/C8H15NO/c9-8(4-2-5-8)7-3-1-6-10-7/h7H,1-6,9H2. The Morgan fingerprint density at radius 1 is 1.30 bits per heavy atom. The first-order chi connectivity index (χ1) is 4.81. The van der Waals surface area contributed by atoms with Crippen LogP contribution >= 0.6 is 0 Å². The maximum atomic E-state index is 6.08. The van der Waals surface area contributed by atoms with Crippen LogP contribution in [0.2, 0.25) is 0 Å². The van der Waals surface area contributed by atoms with Crippen LogP contribution in [0.4, 0.5) is 0 Å². The number of ether oxygens (including phenoxy) is 1. The molecule has 10 heavy (non-hydrogen) atoms. The molecule has 0 aromatic rings. The van der Waals surface area contributed by atoms with Gasteiger partial charge in [-0.05, 0) is 32.1 Å². The molecule has 0 aromatic heterocycles. The van der Waals surface area contributed by atoms with E-state index >= 15 is 0 Å². The lowest BCUT2D eigenvalue weighted by molar-refractivity contribution is 0.00916. The van der Waals surface area contributed by atoms with Crippen LogP contribution in [0, 0.1) is 0 Å². The number of rotatable bonds is 1. The van der Waals surface area contributed by atoms with Crippen molar-refractivity contribution in [3.8, 4) is 0 Å². The summed E-state index contributed by atoms with van der Waals surface area (Å²) in [5, 5.41) is 0. The molecule has 2 aliphatic rings. The van der Waals surface area contributed by atoms with Crippen molar-refractivity contribution in [2.24, 2.45) is 5.73 Å². The van der Waals surface area contributed by atoms with E-state index in [4.69, 9.17) is 10.5 Å². The minimum atomic E-state index is 0.0799. The molecule has 0 radical (unpaired) electrons. The van der Waals surface area contributed by atoms with Gasteiger partial charge in [-0.15, -0.1) is 0 Å². The molecule has 2 N–H and O–H groups in total. The second-order valence-corrected chi connectivity index (χ2v) is 3.59. The zero-order valence-electron chi connectivity index (χ0n) is 6.31. The summed E-state index contributed by atoms with van der Waals surface area (Å²) in [6.07, 6.45) is 6.45. The highest BCUT2D eigenvalue weighted by Gasteiger charge is 2.42. The highest BCUT2D eigenvalue weighted by atomic mass is 16.5. The quantitative estimate of drug-likeness (QED) is 0.592. The average molecular weight is 141 g/mol. The van der Waals surface area contributed by atoms with Gasteiger partial charge in [-0.25, -0.2) is 0 Å². The molecule has 2 fully saturated rings. The average Bonchev–Trinajstić information content (AvgIpc) is 2.33. The Morgan fingerprint density at radius 3 is 2.50 bits per heavy atom. The van der Waals surface area contributed by atoms with E-state index in [0.717, 1.165) is 6.61 Å². The maximum absolute atomic E-state index is 6.08. The van der Waals surface area contributed by atoms with Crippen molar-refractivity contribution in [2.75, 3.05) is 6.61 Å². The molecule has 2 rings (SSSR count). The fourth-order valence-electron chi connectivity index (χ4n) is 1.94. The van der Waals surface area contributed by atoms with E-state index < -0.39 is 0 Å². The molecule has 1 saturated heterocycles. The molecule has 0 amide bonds. The van der Waals surface area contributed by atoms with Gasteiger partial charge >= 0.3 is 0 Å². The van der Waals surface area contributed by atoms with Crippen LogP contribution in [0.15, 0.2) is 0 Å². The molecule has 58 valence electrons. The normalized spacial score (nSPS) is 37.5. The van der Waals surface area contributed by atoms with Crippen LogP contribution in [0.3, 0.4) is 0 Å². The first-order valence-electron chi connectivity index (χ1n) is 4.22. The summed E-state index contributed by atoms with van der Waals surface area (Å²) >= 11 is 0. The molecule has 1 aliphatic carbocycles. The largest absolute Gasteiger partial charge is 0.376 e. The third-order valence-electron chi connectivity index (χ3n) is 2.86. The van der Waals surface area contributed by atoms with Gasteiger partial charge in [0.15, 0.2) is 0 Å². The first-order valence-corrected chi connectivity index (χ1v) is 4.22. The van der Waals surface area contributed by atoms with Crippen LogP contribution in [-0.4, -0.2) is 18.2 Å². The lowest BCUT2D eigenvalue weighted by Crippen LogP contribution is -2.55. The predicted octanol–water partition coefficient (Wildman–Crippen LogP) is 1.05. The van der Waals surface area contributed by atoms with Gasteiger partial charge in [-0.3, -0.25) is 0 Å². The molecular formula is C8H15NO. The van der Waals surface area contributed by atoms with Crippen molar-refractivity contribution in [1.29, 1.82) is 0 Å². The third-order valence-corrected chi connectivity index (χ3v) is 2.86. The number of hydrogen-bond acceptors (Lipinski definition) is 2. The summed E-state index contributed by atoms with van der Waals surface area (Å²) < 4.78 is 5.53. The van der Waals surface area contributed by atoms with Gasteiger partial charge in [0.25, 0.3) is 0 Å². The maximum Gasteiger partial charge on any atom is 0.0755 e. The molecule has 1 heterocycles. The van der Waals surface area contributed by atoms with Crippen LogP contribution in [0.5, 0.6) is 0 Å². The van der Waals surface area contributed by atoms with Crippen molar-refractivity contribution in [3.05, 3.63) is 0 Å². The van der Waals surface area contributed by atoms with Gasteiger partial charge in [0, 0.05) is 12.1 Å².